The summed E-state index contributed by atoms with van der Waals surface area (Å²) in [6.45, 7) is 5.92. The predicted molar refractivity (Wildman–Crippen MR) is 73.4 cm³/mol. The van der Waals surface area contributed by atoms with Crippen molar-refractivity contribution in [1.29, 1.82) is 0 Å². The average Bonchev–Trinajstić information content (AvgIpc) is 2.78. The Kier molecular flexibility index (Phi) is 4.57. The number of hydrogen-bond donors (Lipinski definition) is 1. The SMILES string of the molecule is CNCC1CCCN1CC(C)c1ccccc1. The summed E-state index contributed by atoms with van der Waals surface area (Å²) in [7, 11) is 2.05. The molecule has 0 spiro atoms. The van der Waals surface area contributed by atoms with Gasteiger partial charge in [-0.15, -0.1) is 0 Å². The number of nitrogens with zero attached hydrogens (tertiary/aromatic N) is 1. The second-order valence-corrected chi connectivity index (χ2v) is 5.16. The fraction of sp³-hybridized carbons (Fsp3) is 0.600. The monoisotopic (exact) mass is 232 g/mol. The Labute approximate surface area is 105 Å². The number of benzene rings is 1. The second kappa shape index (κ2) is 6.18. The van der Waals surface area contributed by atoms with Crippen molar-refractivity contribution in [2.24, 2.45) is 0 Å². The molecular formula is C15H24N2. The molecule has 2 atom stereocenters. The van der Waals surface area contributed by atoms with Gasteiger partial charge in [-0.3, -0.25) is 4.90 Å². The summed E-state index contributed by atoms with van der Waals surface area (Å²) in [4.78, 5) is 2.65. The van der Waals surface area contributed by atoms with Gasteiger partial charge in [-0.1, -0.05) is 37.3 Å². The van der Waals surface area contributed by atoms with Gasteiger partial charge in [-0.2, -0.15) is 0 Å². The fourth-order valence-electron chi connectivity index (χ4n) is 2.84. The molecule has 2 unspecified atom stereocenters. The Bertz CT molecular complexity index is 323. The quantitative estimate of drug-likeness (QED) is 0.839. The lowest BCUT2D eigenvalue weighted by atomic mass is 10.0. The van der Waals surface area contributed by atoms with Crippen molar-refractivity contribution in [2.75, 3.05) is 26.7 Å². The molecule has 1 aliphatic rings. The molecule has 94 valence electrons. The minimum absolute atomic E-state index is 0.633. The standard InChI is InChI=1S/C15H24N2/c1-13(14-7-4-3-5-8-14)12-17-10-6-9-15(17)11-16-2/h3-5,7-8,13,15-16H,6,9-12H2,1-2H3. The molecule has 1 N–H and O–H groups in total. The van der Waals surface area contributed by atoms with E-state index in [0.717, 1.165) is 12.6 Å². The van der Waals surface area contributed by atoms with Crippen LogP contribution in [0.5, 0.6) is 0 Å². The summed E-state index contributed by atoms with van der Waals surface area (Å²) in [6.07, 6.45) is 2.70. The molecule has 0 aliphatic carbocycles. The van der Waals surface area contributed by atoms with E-state index in [9.17, 15) is 0 Å². The number of rotatable bonds is 5. The van der Waals surface area contributed by atoms with Crippen molar-refractivity contribution in [3.63, 3.8) is 0 Å². The van der Waals surface area contributed by atoms with E-state index in [-0.39, 0.29) is 0 Å². The van der Waals surface area contributed by atoms with Gasteiger partial charge in [0.25, 0.3) is 0 Å². The van der Waals surface area contributed by atoms with Gasteiger partial charge in [0.1, 0.15) is 0 Å². The summed E-state index contributed by atoms with van der Waals surface area (Å²) < 4.78 is 0. The van der Waals surface area contributed by atoms with Crippen molar-refractivity contribution < 1.29 is 0 Å². The summed E-state index contributed by atoms with van der Waals surface area (Å²) in [5.41, 5.74) is 1.46. The van der Waals surface area contributed by atoms with Gasteiger partial charge in [0.05, 0.1) is 0 Å². The largest absolute Gasteiger partial charge is 0.318 e. The first-order valence-corrected chi connectivity index (χ1v) is 6.75. The van der Waals surface area contributed by atoms with Crippen LogP contribution >= 0.6 is 0 Å². The molecular weight excluding hydrogens is 208 g/mol. The Morgan fingerprint density at radius 3 is 2.82 bits per heavy atom. The Morgan fingerprint density at radius 2 is 2.12 bits per heavy atom. The summed E-state index contributed by atoms with van der Waals surface area (Å²) in [6, 6.07) is 11.6. The molecule has 1 fully saturated rings. The third kappa shape index (κ3) is 3.30. The molecule has 2 heteroatoms. The molecule has 1 aliphatic heterocycles. The average molecular weight is 232 g/mol. The molecule has 1 aromatic carbocycles. The molecule has 2 nitrogen and oxygen atoms in total. The lowest BCUT2D eigenvalue weighted by molar-refractivity contribution is 0.239. The first kappa shape index (κ1) is 12.6. The highest BCUT2D eigenvalue weighted by molar-refractivity contribution is 5.19. The third-order valence-electron chi connectivity index (χ3n) is 3.82. The van der Waals surface area contributed by atoms with Crippen molar-refractivity contribution in [1.82, 2.24) is 10.2 Å². The number of nitrogens with one attached hydrogen (secondary N) is 1. The summed E-state index contributed by atoms with van der Waals surface area (Å²) >= 11 is 0. The van der Waals surface area contributed by atoms with Gasteiger partial charge in [-0.05, 0) is 37.9 Å². The number of likely N-dealkylation sites (tertiary alicyclic amines) is 1. The maximum absolute atomic E-state index is 3.31. The van der Waals surface area contributed by atoms with Crippen LogP contribution in [-0.2, 0) is 0 Å². The highest BCUT2D eigenvalue weighted by Crippen LogP contribution is 2.22. The normalized spacial score (nSPS) is 22.8. The second-order valence-electron chi connectivity index (χ2n) is 5.16. The van der Waals surface area contributed by atoms with Crippen molar-refractivity contribution >= 4 is 0 Å². The van der Waals surface area contributed by atoms with E-state index in [1.807, 2.05) is 0 Å². The van der Waals surface area contributed by atoms with Crippen LogP contribution in [0.1, 0.15) is 31.2 Å². The Balaban J connectivity index is 1.92. The molecule has 17 heavy (non-hydrogen) atoms. The van der Waals surface area contributed by atoms with Crippen molar-refractivity contribution in [3.05, 3.63) is 35.9 Å². The predicted octanol–water partition coefficient (Wildman–Crippen LogP) is 2.47. The number of hydrogen-bond acceptors (Lipinski definition) is 2. The minimum Gasteiger partial charge on any atom is -0.318 e. The molecule has 1 saturated heterocycles. The molecule has 0 bridgehead atoms. The molecule has 2 rings (SSSR count). The fourth-order valence-corrected chi connectivity index (χ4v) is 2.84. The Morgan fingerprint density at radius 1 is 1.35 bits per heavy atom. The van der Waals surface area contributed by atoms with Crippen LogP contribution in [0.4, 0.5) is 0 Å². The van der Waals surface area contributed by atoms with Crippen LogP contribution in [0.25, 0.3) is 0 Å². The maximum Gasteiger partial charge on any atom is 0.0221 e. The number of likely N-dealkylation sites (N-methyl/N-ethyl adjacent to an activating group) is 1. The first-order chi connectivity index (χ1) is 8.31. The van der Waals surface area contributed by atoms with Gasteiger partial charge in [-0.25, -0.2) is 0 Å². The van der Waals surface area contributed by atoms with E-state index in [1.54, 1.807) is 0 Å². The van der Waals surface area contributed by atoms with Crippen LogP contribution < -0.4 is 5.32 Å². The van der Waals surface area contributed by atoms with E-state index >= 15 is 0 Å². The van der Waals surface area contributed by atoms with Gasteiger partial charge in [0.2, 0.25) is 0 Å². The van der Waals surface area contributed by atoms with E-state index in [1.165, 1.54) is 31.5 Å². The van der Waals surface area contributed by atoms with Crippen molar-refractivity contribution in [2.45, 2.75) is 31.7 Å². The van der Waals surface area contributed by atoms with Crippen LogP contribution in [0.3, 0.4) is 0 Å². The third-order valence-corrected chi connectivity index (χ3v) is 3.82. The van der Waals surface area contributed by atoms with Crippen LogP contribution in [0.15, 0.2) is 30.3 Å². The molecule has 0 radical (unpaired) electrons. The Hall–Kier alpha value is -0.860. The summed E-state index contributed by atoms with van der Waals surface area (Å²) in [5, 5.41) is 3.31. The maximum atomic E-state index is 3.31. The first-order valence-electron chi connectivity index (χ1n) is 6.75. The van der Waals surface area contributed by atoms with Gasteiger partial charge >= 0.3 is 0 Å². The molecule has 1 heterocycles. The molecule has 1 aromatic rings. The smallest absolute Gasteiger partial charge is 0.0221 e. The highest BCUT2D eigenvalue weighted by atomic mass is 15.2. The van der Waals surface area contributed by atoms with E-state index in [2.05, 4.69) is 54.5 Å². The molecule has 0 aromatic heterocycles. The lowest BCUT2D eigenvalue weighted by Gasteiger charge is -2.27. The van der Waals surface area contributed by atoms with E-state index in [4.69, 9.17) is 0 Å². The topological polar surface area (TPSA) is 15.3 Å². The van der Waals surface area contributed by atoms with E-state index < -0.39 is 0 Å². The van der Waals surface area contributed by atoms with Gasteiger partial charge in [0, 0.05) is 19.1 Å². The molecule has 0 amide bonds. The van der Waals surface area contributed by atoms with Crippen molar-refractivity contribution in [3.8, 4) is 0 Å². The molecule has 0 saturated carbocycles. The van der Waals surface area contributed by atoms with E-state index in [0.29, 0.717) is 5.92 Å². The lowest BCUT2D eigenvalue weighted by Crippen LogP contribution is -2.38. The zero-order valence-corrected chi connectivity index (χ0v) is 11.0. The zero-order valence-electron chi connectivity index (χ0n) is 11.0. The zero-order chi connectivity index (χ0) is 12.1. The van der Waals surface area contributed by atoms with Gasteiger partial charge in [0.15, 0.2) is 0 Å². The van der Waals surface area contributed by atoms with Crippen LogP contribution in [0, 0.1) is 0 Å². The highest BCUT2D eigenvalue weighted by Gasteiger charge is 2.25. The van der Waals surface area contributed by atoms with Crippen LogP contribution in [0.2, 0.25) is 0 Å². The minimum atomic E-state index is 0.633. The van der Waals surface area contributed by atoms with Crippen LogP contribution in [-0.4, -0.2) is 37.6 Å². The summed E-state index contributed by atoms with van der Waals surface area (Å²) in [5.74, 6) is 0.633. The van der Waals surface area contributed by atoms with Gasteiger partial charge < -0.3 is 5.32 Å².